The molecule has 6 nitrogen and oxygen atoms in total. The minimum absolute atomic E-state index is 0.0267. The number of anilines is 1. The fourth-order valence-electron chi connectivity index (χ4n) is 4.77. The molecule has 0 aliphatic carbocycles. The summed E-state index contributed by atoms with van der Waals surface area (Å²) in [4.78, 5) is 28.5. The van der Waals surface area contributed by atoms with E-state index in [0.29, 0.717) is 22.7 Å². The standard InChI is InChI=1S/C31H27NO5/c1-19(2)37-24-11-6-10-21(18-24)29(33)27-28(26-13-7-9-20-8-4-5-12-25(20)26)32(31(35)30(27)34)22-14-16-23(36-3)17-15-22/h4-19,28,33H,1-3H3/b29-27-. The Balaban J connectivity index is 1.74. The molecule has 0 aromatic heterocycles. The molecule has 186 valence electrons. The summed E-state index contributed by atoms with van der Waals surface area (Å²) in [6.07, 6.45) is -0.0614. The molecule has 4 aromatic carbocycles. The number of benzene rings is 4. The molecule has 1 unspecified atom stereocenters. The van der Waals surface area contributed by atoms with Gasteiger partial charge in [0.2, 0.25) is 0 Å². The number of hydrogen-bond acceptors (Lipinski definition) is 5. The normalized spacial score (nSPS) is 17.0. The van der Waals surface area contributed by atoms with Crippen LogP contribution in [0.2, 0.25) is 0 Å². The Hall–Kier alpha value is -4.58. The minimum Gasteiger partial charge on any atom is -0.507 e. The van der Waals surface area contributed by atoms with Crippen LogP contribution in [0.25, 0.3) is 16.5 Å². The first-order valence-electron chi connectivity index (χ1n) is 12.1. The number of carbonyl (C=O) groups is 2. The SMILES string of the molecule is COc1ccc(N2C(=O)C(=O)/C(=C(\O)c3cccc(OC(C)C)c3)C2c2cccc3ccccc23)cc1. The van der Waals surface area contributed by atoms with Gasteiger partial charge in [0.25, 0.3) is 11.7 Å². The molecule has 5 rings (SSSR count). The third kappa shape index (κ3) is 4.42. The zero-order valence-electron chi connectivity index (χ0n) is 20.8. The van der Waals surface area contributed by atoms with E-state index in [9.17, 15) is 14.7 Å². The Morgan fingerprint density at radius 2 is 1.57 bits per heavy atom. The monoisotopic (exact) mass is 493 g/mol. The molecule has 1 atom stereocenters. The van der Waals surface area contributed by atoms with E-state index in [0.717, 1.165) is 16.3 Å². The van der Waals surface area contributed by atoms with Crippen LogP contribution < -0.4 is 14.4 Å². The van der Waals surface area contributed by atoms with E-state index in [4.69, 9.17) is 9.47 Å². The molecule has 1 saturated heterocycles. The summed E-state index contributed by atoms with van der Waals surface area (Å²) < 4.78 is 11.1. The van der Waals surface area contributed by atoms with Crippen molar-refractivity contribution in [1.82, 2.24) is 0 Å². The van der Waals surface area contributed by atoms with Crippen LogP contribution in [-0.4, -0.2) is 30.0 Å². The third-order valence-electron chi connectivity index (χ3n) is 6.39. The number of rotatable bonds is 6. The zero-order valence-corrected chi connectivity index (χ0v) is 20.8. The zero-order chi connectivity index (χ0) is 26.1. The highest BCUT2D eigenvalue weighted by Gasteiger charge is 2.47. The minimum atomic E-state index is -0.839. The van der Waals surface area contributed by atoms with Gasteiger partial charge in [-0.25, -0.2) is 0 Å². The van der Waals surface area contributed by atoms with E-state index in [1.807, 2.05) is 56.3 Å². The first-order valence-corrected chi connectivity index (χ1v) is 12.1. The van der Waals surface area contributed by atoms with E-state index in [-0.39, 0.29) is 17.4 Å². The Bertz CT molecular complexity index is 1520. The number of Topliss-reactive ketones (excluding diaryl/α,β-unsaturated/α-hetero) is 1. The molecular weight excluding hydrogens is 466 g/mol. The molecule has 1 amide bonds. The molecule has 1 N–H and O–H groups in total. The number of fused-ring (bicyclic) bond motifs is 1. The Morgan fingerprint density at radius 1 is 0.865 bits per heavy atom. The van der Waals surface area contributed by atoms with Crippen LogP contribution in [0.1, 0.15) is 31.0 Å². The lowest BCUT2D eigenvalue weighted by Gasteiger charge is -2.26. The van der Waals surface area contributed by atoms with Gasteiger partial charge in [-0.2, -0.15) is 0 Å². The van der Waals surface area contributed by atoms with Gasteiger partial charge in [-0.05, 0) is 66.6 Å². The van der Waals surface area contributed by atoms with Crippen molar-refractivity contribution < 1.29 is 24.2 Å². The number of carbonyl (C=O) groups excluding carboxylic acids is 2. The molecule has 1 aliphatic rings. The molecule has 0 saturated carbocycles. The largest absolute Gasteiger partial charge is 0.507 e. The molecule has 37 heavy (non-hydrogen) atoms. The summed E-state index contributed by atoms with van der Waals surface area (Å²) in [5.74, 6) is -0.517. The van der Waals surface area contributed by atoms with Crippen molar-refractivity contribution in [3.05, 3.63) is 108 Å². The summed E-state index contributed by atoms with van der Waals surface area (Å²) in [6, 6.07) is 26.6. The van der Waals surface area contributed by atoms with Crippen molar-refractivity contribution >= 4 is 33.9 Å². The van der Waals surface area contributed by atoms with Crippen molar-refractivity contribution in [3.8, 4) is 11.5 Å². The first kappa shape index (κ1) is 24.1. The topological polar surface area (TPSA) is 76.1 Å². The number of ketones is 1. The fourth-order valence-corrected chi connectivity index (χ4v) is 4.77. The molecule has 0 radical (unpaired) electrons. The van der Waals surface area contributed by atoms with Gasteiger partial charge in [0, 0.05) is 11.3 Å². The van der Waals surface area contributed by atoms with Crippen LogP contribution in [-0.2, 0) is 9.59 Å². The second kappa shape index (κ2) is 9.82. The lowest BCUT2D eigenvalue weighted by atomic mass is 9.91. The summed E-state index contributed by atoms with van der Waals surface area (Å²) in [5, 5.41) is 13.4. The second-order valence-electron chi connectivity index (χ2n) is 9.13. The number of aliphatic hydroxyl groups is 1. The number of ether oxygens (including phenoxy) is 2. The van der Waals surface area contributed by atoms with Gasteiger partial charge in [0.1, 0.15) is 17.3 Å². The Labute approximate surface area is 215 Å². The van der Waals surface area contributed by atoms with E-state index in [1.165, 1.54) is 4.90 Å². The van der Waals surface area contributed by atoms with Gasteiger partial charge < -0.3 is 14.6 Å². The van der Waals surface area contributed by atoms with Crippen LogP contribution in [0.3, 0.4) is 0 Å². The van der Waals surface area contributed by atoms with Crippen molar-refractivity contribution in [3.63, 3.8) is 0 Å². The number of hydrogen-bond donors (Lipinski definition) is 1. The summed E-state index contributed by atoms with van der Waals surface area (Å²) in [7, 11) is 1.56. The van der Waals surface area contributed by atoms with Crippen molar-refractivity contribution in [2.45, 2.75) is 26.0 Å². The molecule has 0 spiro atoms. The molecule has 1 heterocycles. The maximum absolute atomic E-state index is 13.5. The highest BCUT2D eigenvalue weighted by Crippen LogP contribution is 2.44. The van der Waals surface area contributed by atoms with Crippen LogP contribution in [0.15, 0.2) is 96.6 Å². The third-order valence-corrected chi connectivity index (χ3v) is 6.39. The van der Waals surface area contributed by atoms with Crippen molar-refractivity contribution in [2.24, 2.45) is 0 Å². The average Bonchev–Trinajstić information content (AvgIpc) is 3.17. The van der Waals surface area contributed by atoms with E-state index in [1.54, 1.807) is 55.6 Å². The van der Waals surface area contributed by atoms with Crippen molar-refractivity contribution in [1.29, 1.82) is 0 Å². The van der Waals surface area contributed by atoms with Crippen molar-refractivity contribution in [2.75, 3.05) is 12.0 Å². The van der Waals surface area contributed by atoms with Gasteiger partial charge >= 0.3 is 0 Å². The maximum Gasteiger partial charge on any atom is 0.300 e. The van der Waals surface area contributed by atoms with Gasteiger partial charge in [-0.3, -0.25) is 14.5 Å². The van der Waals surface area contributed by atoms with Gasteiger partial charge in [0.15, 0.2) is 0 Å². The van der Waals surface area contributed by atoms with Crippen LogP contribution in [0.4, 0.5) is 5.69 Å². The molecular formula is C31H27NO5. The van der Waals surface area contributed by atoms with Gasteiger partial charge in [0.05, 0.1) is 24.8 Å². The van der Waals surface area contributed by atoms with Gasteiger partial charge in [-0.15, -0.1) is 0 Å². The molecule has 4 aromatic rings. The predicted molar refractivity (Wildman–Crippen MR) is 144 cm³/mol. The second-order valence-corrected chi connectivity index (χ2v) is 9.13. The molecule has 1 fully saturated rings. The highest BCUT2D eigenvalue weighted by atomic mass is 16.5. The lowest BCUT2D eigenvalue weighted by molar-refractivity contribution is -0.132. The number of aliphatic hydroxyl groups excluding tert-OH is 1. The lowest BCUT2D eigenvalue weighted by Crippen LogP contribution is -2.29. The van der Waals surface area contributed by atoms with E-state index >= 15 is 0 Å². The van der Waals surface area contributed by atoms with E-state index < -0.39 is 17.7 Å². The molecule has 1 aliphatic heterocycles. The smallest absolute Gasteiger partial charge is 0.300 e. The Morgan fingerprint density at radius 3 is 2.30 bits per heavy atom. The summed E-state index contributed by atoms with van der Waals surface area (Å²) in [6.45, 7) is 3.82. The quantitative estimate of drug-likeness (QED) is 0.195. The van der Waals surface area contributed by atoms with Gasteiger partial charge in [-0.1, -0.05) is 54.6 Å². The summed E-state index contributed by atoms with van der Waals surface area (Å²) in [5.41, 5.74) is 1.69. The molecule has 6 heteroatoms. The Kier molecular flexibility index (Phi) is 6.40. The maximum atomic E-state index is 13.5. The average molecular weight is 494 g/mol. The summed E-state index contributed by atoms with van der Waals surface area (Å²) >= 11 is 0. The van der Waals surface area contributed by atoms with Crippen LogP contribution >= 0.6 is 0 Å². The molecule has 0 bridgehead atoms. The van der Waals surface area contributed by atoms with Crippen LogP contribution in [0.5, 0.6) is 11.5 Å². The fraction of sp³-hybridized carbons (Fsp3) is 0.161. The van der Waals surface area contributed by atoms with Crippen LogP contribution in [0, 0.1) is 0 Å². The van der Waals surface area contributed by atoms with E-state index in [2.05, 4.69) is 0 Å². The first-order chi connectivity index (χ1) is 17.9. The number of nitrogens with zero attached hydrogens (tertiary/aromatic N) is 1. The number of methoxy groups -OCH3 is 1. The number of amides is 1. The highest BCUT2D eigenvalue weighted by molar-refractivity contribution is 6.51. The predicted octanol–water partition coefficient (Wildman–Crippen LogP) is 6.26.